The Kier molecular flexibility index (Phi) is 4.05. The highest BCUT2D eigenvalue weighted by atomic mass is 79.9. The molecule has 1 fully saturated rings. The number of rotatable bonds is 2. The fraction of sp³-hybridized carbons (Fsp3) is 0.500. The monoisotopic (exact) mass is 313 g/mol. The topological polar surface area (TPSA) is 29.1 Å². The molecule has 0 spiro atoms. The predicted octanol–water partition coefficient (Wildman–Crippen LogP) is 4.04. The van der Waals surface area contributed by atoms with Crippen molar-refractivity contribution in [3.63, 3.8) is 0 Å². The number of hydrogen-bond acceptors (Lipinski definition) is 1. The molecule has 18 heavy (non-hydrogen) atoms. The number of nitrogens with one attached hydrogen (secondary N) is 1. The van der Waals surface area contributed by atoms with Gasteiger partial charge in [0.05, 0.1) is 10.0 Å². The molecule has 1 saturated carbocycles. The molecular weight excluding hydrogens is 297 g/mol. The molecule has 0 unspecified atom stereocenters. The molecular formula is C14H17BrFNO. The van der Waals surface area contributed by atoms with Crippen molar-refractivity contribution >= 4 is 21.8 Å². The quantitative estimate of drug-likeness (QED) is 0.877. The van der Waals surface area contributed by atoms with Gasteiger partial charge in [-0.15, -0.1) is 0 Å². The molecule has 0 aromatic heterocycles. The molecule has 1 amide bonds. The lowest BCUT2D eigenvalue weighted by molar-refractivity contribution is 0.0878. The Morgan fingerprint density at radius 3 is 2.67 bits per heavy atom. The lowest BCUT2D eigenvalue weighted by Crippen LogP contribution is -2.47. The molecule has 2 rings (SSSR count). The molecule has 0 bridgehead atoms. The van der Waals surface area contributed by atoms with Gasteiger partial charge >= 0.3 is 0 Å². The lowest BCUT2D eigenvalue weighted by Gasteiger charge is -2.34. The molecule has 4 heteroatoms. The second kappa shape index (κ2) is 5.39. The van der Waals surface area contributed by atoms with E-state index in [1.54, 1.807) is 12.1 Å². The van der Waals surface area contributed by atoms with Crippen molar-refractivity contribution in [1.29, 1.82) is 0 Å². The van der Waals surface area contributed by atoms with E-state index in [0.717, 1.165) is 25.7 Å². The highest BCUT2D eigenvalue weighted by Crippen LogP contribution is 2.28. The van der Waals surface area contributed by atoms with Gasteiger partial charge in [0.15, 0.2) is 0 Å². The van der Waals surface area contributed by atoms with Gasteiger partial charge in [0.25, 0.3) is 5.91 Å². The summed E-state index contributed by atoms with van der Waals surface area (Å²) in [5, 5.41) is 2.98. The largest absolute Gasteiger partial charge is 0.347 e. The van der Waals surface area contributed by atoms with Crippen LogP contribution in [-0.4, -0.2) is 11.4 Å². The summed E-state index contributed by atoms with van der Waals surface area (Å²) in [5.41, 5.74) is -0.0828. The maximum Gasteiger partial charge on any atom is 0.254 e. The molecule has 0 aliphatic heterocycles. The number of benzene rings is 1. The van der Waals surface area contributed by atoms with Crippen LogP contribution in [0.15, 0.2) is 22.7 Å². The number of halogens is 2. The normalized spacial score (nSPS) is 18.4. The van der Waals surface area contributed by atoms with Crippen molar-refractivity contribution < 1.29 is 9.18 Å². The van der Waals surface area contributed by atoms with E-state index in [9.17, 15) is 9.18 Å². The van der Waals surface area contributed by atoms with Crippen LogP contribution >= 0.6 is 15.9 Å². The van der Waals surface area contributed by atoms with Gasteiger partial charge < -0.3 is 5.32 Å². The van der Waals surface area contributed by atoms with Gasteiger partial charge in [-0.25, -0.2) is 4.39 Å². The summed E-state index contributed by atoms with van der Waals surface area (Å²) in [6.07, 6.45) is 5.40. The summed E-state index contributed by atoms with van der Waals surface area (Å²) in [5.74, 6) is -0.812. The molecule has 1 aliphatic carbocycles. The van der Waals surface area contributed by atoms with Crippen molar-refractivity contribution in [1.82, 2.24) is 5.32 Å². The SMILES string of the molecule is CC1(NC(=O)c2cccc(Br)c2F)CCCCC1. The Morgan fingerprint density at radius 2 is 2.00 bits per heavy atom. The molecule has 0 radical (unpaired) electrons. The van der Waals surface area contributed by atoms with Crippen LogP contribution in [0.2, 0.25) is 0 Å². The predicted molar refractivity (Wildman–Crippen MR) is 73.1 cm³/mol. The van der Waals surface area contributed by atoms with Gasteiger partial charge in [0.1, 0.15) is 5.82 Å². The Morgan fingerprint density at radius 1 is 1.33 bits per heavy atom. The Balaban J connectivity index is 2.14. The molecule has 1 N–H and O–H groups in total. The zero-order chi connectivity index (χ0) is 13.2. The van der Waals surface area contributed by atoms with E-state index >= 15 is 0 Å². The number of carbonyl (C=O) groups is 1. The molecule has 1 aromatic rings. The molecule has 2 nitrogen and oxygen atoms in total. The zero-order valence-electron chi connectivity index (χ0n) is 10.4. The summed E-state index contributed by atoms with van der Waals surface area (Å²) < 4.78 is 14.1. The highest BCUT2D eigenvalue weighted by Gasteiger charge is 2.29. The van der Waals surface area contributed by atoms with E-state index < -0.39 is 5.82 Å². The molecule has 0 saturated heterocycles. The van der Waals surface area contributed by atoms with Crippen LogP contribution < -0.4 is 5.32 Å². The van der Waals surface area contributed by atoms with Crippen molar-refractivity contribution in [2.45, 2.75) is 44.6 Å². The maximum absolute atomic E-state index is 13.8. The molecule has 1 aliphatic rings. The van der Waals surface area contributed by atoms with Crippen molar-refractivity contribution in [2.24, 2.45) is 0 Å². The van der Waals surface area contributed by atoms with Crippen LogP contribution in [0.4, 0.5) is 4.39 Å². The minimum absolute atomic E-state index is 0.108. The summed E-state index contributed by atoms with van der Waals surface area (Å²) in [6.45, 7) is 2.04. The first-order valence-corrected chi connectivity index (χ1v) is 7.08. The second-order valence-electron chi connectivity index (χ2n) is 5.18. The van der Waals surface area contributed by atoms with E-state index in [-0.39, 0.29) is 17.0 Å². The summed E-state index contributed by atoms with van der Waals surface area (Å²) in [7, 11) is 0. The third-order valence-electron chi connectivity index (χ3n) is 3.57. The first-order chi connectivity index (χ1) is 8.52. The van der Waals surface area contributed by atoms with Crippen molar-refractivity contribution in [3.8, 4) is 0 Å². The highest BCUT2D eigenvalue weighted by molar-refractivity contribution is 9.10. The van der Waals surface area contributed by atoms with Crippen molar-refractivity contribution in [2.75, 3.05) is 0 Å². The third-order valence-corrected chi connectivity index (χ3v) is 4.18. The summed E-state index contributed by atoms with van der Waals surface area (Å²) in [4.78, 5) is 12.1. The first-order valence-electron chi connectivity index (χ1n) is 6.28. The number of hydrogen-bond donors (Lipinski definition) is 1. The van der Waals surface area contributed by atoms with E-state index in [1.807, 2.05) is 6.92 Å². The Labute approximate surface area is 115 Å². The van der Waals surface area contributed by atoms with E-state index in [1.165, 1.54) is 12.5 Å². The van der Waals surface area contributed by atoms with Gasteiger partial charge in [-0.1, -0.05) is 25.3 Å². The smallest absolute Gasteiger partial charge is 0.254 e. The van der Waals surface area contributed by atoms with Gasteiger partial charge in [0, 0.05) is 5.54 Å². The van der Waals surface area contributed by atoms with Crippen LogP contribution in [0, 0.1) is 5.82 Å². The van der Waals surface area contributed by atoms with Crippen LogP contribution in [0.5, 0.6) is 0 Å². The second-order valence-corrected chi connectivity index (χ2v) is 6.03. The van der Waals surface area contributed by atoms with Gasteiger partial charge in [-0.3, -0.25) is 4.79 Å². The standard InChI is InChI=1S/C14H17BrFNO/c1-14(8-3-2-4-9-14)17-13(18)10-6-5-7-11(15)12(10)16/h5-7H,2-4,8-9H2,1H3,(H,17,18). The summed E-state index contributed by atoms with van der Waals surface area (Å²) >= 11 is 3.10. The van der Waals surface area contributed by atoms with Crippen LogP contribution in [-0.2, 0) is 0 Å². The molecule has 0 atom stereocenters. The van der Waals surface area contributed by atoms with Gasteiger partial charge in [0.2, 0.25) is 0 Å². The molecule has 0 heterocycles. The molecule has 98 valence electrons. The minimum atomic E-state index is -0.491. The Hall–Kier alpha value is -0.900. The van der Waals surface area contributed by atoms with Gasteiger partial charge in [-0.05, 0) is 47.8 Å². The first kappa shape index (κ1) is 13.5. The number of carbonyl (C=O) groups excluding carboxylic acids is 1. The molecule has 1 aromatic carbocycles. The van der Waals surface area contributed by atoms with Crippen LogP contribution in [0.25, 0.3) is 0 Å². The third kappa shape index (κ3) is 2.91. The fourth-order valence-electron chi connectivity index (χ4n) is 2.48. The van der Waals surface area contributed by atoms with E-state index in [2.05, 4.69) is 21.2 Å². The summed E-state index contributed by atoms with van der Waals surface area (Å²) in [6, 6.07) is 4.78. The maximum atomic E-state index is 13.8. The van der Waals surface area contributed by atoms with Crippen molar-refractivity contribution in [3.05, 3.63) is 34.1 Å². The van der Waals surface area contributed by atoms with Crippen LogP contribution in [0.3, 0.4) is 0 Å². The number of amides is 1. The zero-order valence-corrected chi connectivity index (χ0v) is 12.0. The minimum Gasteiger partial charge on any atom is -0.347 e. The van der Waals surface area contributed by atoms with E-state index in [4.69, 9.17) is 0 Å². The Bertz CT molecular complexity index is 455. The lowest BCUT2D eigenvalue weighted by atomic mass is 9.83. The van der Waals surface area contributed by atoms with E-state index in [0.29, 0.717) is 4.47 Å². The average Bonchev–Trinajstić information content (AvgIpc) is 2.33. The van der Waals surface area contributed by atoms with Gasteiger partial charge in [-0.2, -0.15) is 0 Å². The van der Waals surface area contributed by atoms with Crippen LogP contribution in [0.1, 0.15) is 49.4 Å². The average molecular weight is 314 g/mol. The fourth-order valence-corrected chi connectivity index (χ4v) is 2.84.